The molecule has 6 nitrogen and oxygen atoms in total. The van der Waals surface area contributed by atoms with E-state index in [-0.39, 0.29) is 17.4 Å². The normalized spacial score (nSPS) is 10.8. The molecule has 0 saturated heterocycles. The molecular formula is C19H10BrFN4O2S. The van der Waals surface area contributed by atoms with Crippen molar-refractivity contribution in [3.8, 4) is 17.3 Å². The summed E-state index contributed by atoms with van der Waals surface area (Å²) in [5, 5.41) is 12.9. The molecule has 9 heteroatoms. The Morgan fingerprint density at radius 1 is 1.25 bits per heavy atom. The quantitative estimate of drug-likeness (QED) is 0.314. The van der Waals surface area contributed by atoms with Gasteiger partial charge in [0.15, 0.2) is 22.3 Å². The molecule has 0 radical (unpaired) electrons. The first kappa shape index (κ1) is 18.3. The fourth-order valence-corrected chi connectivity index (χ4v) is 3.77. The second-order valence-corrected chi connectivity index (χ2v) is 7.60. The van der Waals surface area contributed by atoms with Gasteiger partial charge in [-0.15, -0.1) is 0 Å². The van der Waals surface area contributed by atoms with Crippen LogP contribution in [0.2, 0.25) is 0 Å². The third kappa shape index (κ3) is 3.28. The van der Waals surface area contributed by atoms with Crippen LogP contribution in [0.1, 0.15) is 22.4 Å². The Kier molecular flexibility index (Phi) is 4.66. The highest BCUT2D eigenvalue weighted by Gasteiger charge is 2.22. The molecule has 1 aromatic carbocycles. The van der Waals surface area contributed by atoms with E-state index in [2.05, 4.69) is 37.3 Å². The van der Waals surface area contributed by atoms with Gasteiger partial charge in [0.2, 0.25) is 0 Å². The van der Waals surface area contributed by atoms with Crippen LogP contribution in [0.4, 0.5) is 15.2 Å². The smallest absolute Gasteiger partial charge is 0.197 e. The molecule has 4 aromatic rings. The fraction of sp³-hybridized carbons (Fsp3) is 0.0526. The summed E-state index contributed by atoms with van der Waals surface area (Å²) in [6.45, 7) is 1.39. The van der Waals surface area contributed by atoms with Crippen LogP contribution in [0.5, 0.6) is 0 Å². The molecule has 0 saturated carbocycles. The third-order valence-electron chi connectivity index (χ3n) is 3.90. The Hall–Kier alpha value is -3.09. The number of hydrogen-bond acceptors (Lipinski definition) is 7. The number of pyridine rings is 1. The second-order valence-electron chi connectivity index (χ2n) is 5.78. The number of fused-ring (bicyclic) bond motifs is 1. The van der Waals surface area contributed by atoms with Crippen molar-refractivity contribution >= 4 is 55.0 Å². The number of benzene rings is 1. The lowest BCUT2D eigenvalue weighted by atomic mass is 10.1. The molecular weight excluding hydrogens is 447 g/mol. The zero-order valence-corrected chi connectivity index (χ0v) is 16.7. The Balaban J connectivity index is 1.81. The number of anilines is 2. The maximum Gasteiger partial charge on any atom is 0.197 e. The summed E-state index contributed by atoms with van der Waals surface area (Å²) in [6, 6.07) is 11.2. The summed E-state index contributed by atoms with van der Waals surface area (Å²) in [4.78, 5) is 21.2. The summed E-state index contributed by atoms with van der Waals surface area (Å²) < 4.78 is 19.4. The lowest BCUT2D eigenvalue weighted by Gasteiger charge is -2.01. The average Bonchev–Trinajstić information content (AvgIpc) is 3.24. The fourth-order valence-electron chi connectivity index (χ4n) is 2.68. The van der Waals surface area contributed by atoms with Gasteiger partial charge in [-0.25, -0.2) is 14.4 Å². The first-order valence-electron chi connectivity index (χ1n) is 8.00. The summed E-state index contributed by atoms with van der Waals surface area (Å²) in [5.41, 5.74) is 2.35. The zero-order valence-electron chi connectivity index (χ0n) is 14.3. The Morgan fingerprint density at radius 2 is 2.00 bits per heavy atom. The number of hydrogen-bond donors (Lipinski definition) is 1. The standard InChI is InChI=1S/C19H10BrFN4O2S/c1-9(26)18-17(16-12(27-18)6-7-14(20)23-16)25-19-24-15(13(8-22)28-19)10-2-4-11(21)5-3-10/h2-7H,1H3,(H,24,25). The van der Waals surface area contributed by atoms with Gasteiger partial charge in [-0.05, 0) is 52.3 Å². The Morgan fingerprint density at radius 3 is 2.68 bits per heavy atom. The highest BCUT2D eigenvalue weighted by molar-refractivity contribution is 9.10. The number of carbonyl (C=O) groups excluding carboxylic acids is 1. The number of rotatable bonds is 4. The number of aromatic nitrogens is 2. The van der Waals surface area contributed by atoms with Crippen LogP contribution in [0.15, 0.2) is 45.4 Å². The van der Waals surface area contributed by atoms with Gasteiger partial charge in [0, 0.05) is 12.5 Å². The minimum absolute atomic E-state index is 0.123. The molecule has 0 atom stereocenters. The molecule has 1 N–H and O–H groups in total. The highest BCUT2D eigenvalue weighted by atomic mass is 79.9. The van der Waals surface area contributed by atoms with Crippen molar-refractivity contribution in [1.29, 1.82) is 5.26 Å². The van der Waals surface area contributed by atoms with Crippen LogP contribution in [0, 0.1) is 17.1 Å². The summed E-state index contributed by atoms with van der Waals surface area (Å²) >= 11 is 4.43. The molecule has 0 aliphatic rings. The van der Waals surface area contributed by atoms with E-state index in [1.54, 1.807) is 24.3 Å². The SMILES string of the molecule is CC(=O)c1oc2ccc(Br)nc2c1Nc1nc(-c2ccc(F)cc2)c(C#N)s1. The predicted octanol–water partition coefficient (Wildman–Crippen LogP) is 5.67. The zero-order chi connectivity index (χ0) is 19.8. The lowest BCUT2D eigenvalue weighted by Crippen LogP contribution is -1.97. The van der Waals surface area contributed by atoms with Gasteiger partial charge in [0.1, 0.15) is 38.3 Å². The number of nitrogens with one attached hydrogen (secondary N) is 1. The van der Waals surface area contributed by atoms with Crippen LogP contribution in [0.25, 0.3) is 22.4 Å². The first-order chi connectivity index (χ1) is 13.5. The predicted molar refractivity (Wildman–Crippen MR) is 107 cm³/mol. The van der Waals surface area contributed by atoms with Crippen molar-refractivity contribution in [3.63, 3.8) is 0 Å². The van der Waals surface area contributed by atoms with E-state index in [1.165, 1.54) is 19.1 Å². The molecule has 0 fully saturated rings. The van der Waals surface area contributed by atoms with Crippen molar-refractivity contribution in [1.82, 2.24) is 9.97 Å². The maximum atomic E-state index is 13.2. The van der Waals surface area contributed by atoms with E-state index in [9.17, 15) is 14.4 Å². The van der Waals surface area contributed by atoms with Gasteiger partial charge >= 0.3 is 0 Å². The van der Waals surface area contributed by atoms with E-state index >= 15 is 0 Å². The average molecular weight is 457 g/mol. The summed E-state index contributed by atoms with van der Waals surface area (Å²) in [5.74, 6) is -0.520. The summed E-state index contributed by atoms with van der Waals surface area (Å²) in [7, 11) is 0. The van der Waals surface area contributed by atoms with Crippen LogP contribution < -0.4 is 5.32 Å². The molecule has 3 heterocycles. The topological polar surface area (TPSA) is 91.8 Å². The number of nitriles is 1. The van der Waals surface area contributed by atoms with Gasteiger partial charge in [-0.1, -0.05) is 11.3 Å². The maximum absolute atomic E-state index is 13.2. The number of Topliss-reactive ketones (excluding diaryl/α,β-unsaturated/α-hetero) is 1. The molecule has 0 bridgehead atoms. The number of ketones is 1. The number of nitrogens with zero attached hydrogens (tertiary/aromatic N) is 3. The molecule has 0 aliphatic carbocycles. The van der Waals surface area contributed by atoms with Gasteiger partial charge in [0.25, 0.3) is 0 Å². The van der Waals surface area contributed by atoms with E-state index in [0.29, 0.717) is 42.7 Å². The molecule has 28 heavy (non-hydrogen) atoms. The van der Waals surface area contributed by atoms with E-state index in [4.69, 9.17) is 4.42 Å². The van der Waals surface area contributed by atoms with Gasteiger partial charge in [0.05, 0.1) is 0 Å². The van der Waals surface area contributed by atoms with Crippen LogP contribution in [-0.2, 0) is 0 Å². The molecule has 0 amide bonds. The summed E-state index contributed by atoms with van der Waals surface area (Å²) in [6.07, 6.45) is 0. The molecule has 0 aliphatic heterocycles. The van der Waals surface area contributed by atoms with E-state index in [1.807, 2.05) is 0 Å². The van der Waals surface area contributed by atoms with Crippen molar-refractivity contribution in [2.45, 2.75) is 6.92 Å². The van der Waals surface area contributed by atoms with Crippen molar-refractivity contribution < 1.29 is 13.6 Å². The van der Waals surface area contributed by atoms with E-state index < -0.39 is 0 Å². The second kappa shape index (κ2) is 7.14. The van der Waals surface area contributed by atoms with Crippen molar-refractivity contribution in [3.05, 3.63) is 57.5 Å². The first-order valence-corrected chi connectivity index (χ1v) is 9.61. The Bertz CT molecular complexity index is 1260. The van der Waals surface area contributed by atoms with Gasteiger partial charge in [-0.2, -0.15) is 5.26 Å². The largest absolute Gasteiger partial charge is 0.449 e. The number of halogens is 2. The van der Waals surface area contributed by atoms with Crippen LogP contribution in [0.3, 0.4) is 0 Å². The number of thiazole rings is 1. The minimum atomic E-state index is -0.372. The van der Waals surface area contributed by atoms with Gasteiger partial charge in [-0.3, -0.25) is 4.79 Å². The number of carbonyl (C=O) groups is 1. The highest BCUT2D eigenvalue weighted by Crippen LogP contribution is 2.37. The monoisotopic (exact) mass is 456 g/mol. The molecule has 138 valence electrons. The third-order valence-corrected chi connectivity index (χ3v) is 5.22. The lowest BCUT2D eigenvalue weighted by molar-refractivity contribution is 0.0990. The Labute approximate surface area is 170 Å². The minimum Gasteiger partial charge on any atom is -0.449 e. The van der Waals surface area contributed by atoms with Crippen molar-refractivity contribution in [2.75, 3.05) is 5.32 Å². The van der Waals surface area contributed by atoms with Gasteiger partial charge < -0.3 is 9.73 Å². The molecule has 4 rings (SSSR count). The van der Waals surface area contributed by atoms with Crippen LogP contribution in [-0.4, -0.2) is 15.8 Å². The molecule has 3 aromatic heterocycles. The van der Waals surface area contributed by atoms with E-state index in [0.717, 1.165) is 11.3 Å². The van der Waals surface area contributed by atoms with Crippen LogP contribution >= 0.6 is 27.3 Å². The molecule has 0 unspecified atom stereocenters. The molecule has 0 spiro atoms. The van der Waals surface area contributed by atoms with Crippen molar-refractivity contribution in [2.24, 2.45) is 0 Å². The number of furan rings is 1.